The first kappa shape index (κ1) is 28.5. The van der Waals surface area contributed by atoms with Gasteiger partial charge in [0.05, 0.1) is 0 Å². The molecule has 37 heavy (non-hydrogen) atoms. The fourth-order valence-electron chi connectivity index (χ4n) is 3.98. The average Bonchev–Trinajstić information content (AvgIpc) is 2.88. The molecule has 0 aliphatic heterocycles. The number of halogens is 2. The van der Waals surface area contributed by atoms with Crippen molar-refractivity contribution in [2.24, 2.45) is 0 Å². The Morgan fingerprint density at radius 3 is 2.46 bits per heavy atom. The highest BCUT2D eigenvalue weighted by atomic mass is 35.5. The Bertz CT molecular complexity index is 1200. The first-order chi connectivity index (χ1) is 17.8. The number of carbonyl (C=O) groups is 2. The predicted octanol–water partition coefficient (Wildman–Crippen LogP) is 6.55. The number of nitrogens with one attached hydrogen (secondary N) is 1. The number of hydrogen-bond donors (Lipinski definition) is 1. The second-order valence-electron chi connectivity index (χ2n) is 9.17. The molecule has 7 heteroatoms. The molecule has 0 aromatic heterocycles. The lowest BCUT2D eigenvalue weighted by Gasteiger charge is -2.32. The van der Waals surface area contributed by atoms with Gasteiger partial charge < -0.3 is 15.0 Å². The van der Waals surface area contributed by atoms with E-state index < -0.39 is 6.04 Å². The zero-order valence-corrected chi connectivity index (χ0v) is 23.1. The maximum atomic E-state index is 13.7. The molecule has 1 N–H and O–H groups in total. The number of rotatable bonds is 12. The summed E-state index contributed by atoms with van der Waals surface area (Å²) in [6.07, 6.45) is 2.17. The van der Waals surface area contributed by atoms with E-state index in [4.69, 9.17) is 27.9 Å². The van der Waals surface area contributed by atoms with E-state index in [0.717, 1.165) is 29.5 Å². The number of aryl methyl sites for hydroxylation is 2. The van der Waals surface area contributed by atoms with Crippen LogP contribution in [0.25, 0.3) is 0 Å². The van der Waals surface area contributed by atoms with Crippen LogP contribution < -0.4 is 10.1 Å². The lowest BCUT2D eigenvalue weighted by molar-refractivity contribution is -0.142. The normalized spacial score (nSPS) is 11.6. The molecule has 0 fully saturated rings. The van der Waals surface area contributed by atoms with Crippen LogP contribution in [0.15, 0.2) is 66.7 Å². The van der Waals surface area contributed by atoms with Crippen LogP contribution in [0.4, 0.5) is 0 Å². The summed E-state index contributed by atoms with van der Waals surface area (Å²) < 4.78 is 5.95. The van der Waals surface area contributed by atoms with Crippen molar-refractivity contribution in [1.29, 1.82) is 0 Å². The van der Waals surface area contributed by atoms with E-state index in [1.807, 2.05) is 62.4 Å². The number of amides is 2. The summed E-state index contributed by atoms with van der Waals surface area (Å²) in [6, 6.07) is 19.9. The van der Waals surface area contributed by atoms with Gasteiger partial charge in [0.1, 0.15) is 11.8 Å². The number of unbranched alkanes of at least 4 members (excludes halogenated alkanes) is 1. The Kier molecular flexibility index (Phi) is 10.8. The monoisotopic (exact) mass is 540 g/mol. The van der Waals surface area contributed by atoms with Crippen molar-refractivity contribution in [1.82, 2.24) is 10.2 Å². The number of nitrogens with zero attached hydrogens (tertiary/aromatic N) is 1. The number of carbonyl (C=O) groups excluding carboxylic acids is 2. The average molecular weight is 542 g/mol. The van der Waals surface area contributed by atoms with E-state index in [1.54, 1.807) is 23.1 Å². The highest BCUT2D eigenvalue weighted by molar-refractivity contribution is 6.35. The summed E-state index contributed by atoms with van der Waals surface area (Å²) in [5, 5.41) is 3.95. The minimum absolute atomic E-state index is 0.143. The van der Waals surface area contributed by atoms with E-state index >= 15 is 0 Å². The lowest BCUT2D eigenvalue weighted by atomic mass is 10.0. The van der Waals surface area contributed by atoms with Crippen LogP contribution in [-0.2, 0) is 22.6 Å². The van der Waals surface area contributed by atoms with Crippen LogP contribution in [0.1, 0.15) is 42.0 Å². The highest BCUT2D eigenvalue weighted by Gasteiger charge is 2.31. The third-order valence-corrected chi connectivity index (χ3v) is 6.74. The number of ether oxygens (including phenoxy) is 1. The van der Waals surface area contributed by atoms with Crippen molar-refractivity contribution >= 4 is 35.0 Å². The molecule has 5 nitrogen and oxygen atoms in total. The first-order valence-corrected chi connectivity index (χ1v) is 13.3. The molecule has 0 bridgehead atoms. The smallest absolute Gasteiger partial charge is 0.261 e. The molecule has 0 aliphatic rings. The summed E-state index contributed by atoms with van der Waals surface area (Å²) in [7, 11) is 0. The fraction of sp³-hybridized carbons (Fsp3) is 0.333. The van der Waals surface area contributed by atoms with Crippen LogP contribution in [0.5, 0.6) is 5.75 Å². The molecule has 0 aliphatic carbocycles. The third kappa shape index (κ3) is 8.51. The minimum Gasteiger partial charge on any atom is -0.483 e. The molecular formula is C30H34Cl2N2O3. The van der Waals surface area contributed by atoms with Gasteiger partial charge in [0, 0.05) is 29.6 Å². The lowest BCUT2D eigenvalue weighted by Crippen LogP contribution is -2.51. The van der Waals surface area contributed by atoms with E-state index in [1.165, 1.54) is 0 Å². The largest absolute Gasteiger partial charge is 0.483 e. The second-order valence-corrected chi connectivity index (χ2v) is 10.0. The van der Waals surface area contributed by atoms with Gasteiger partial charge in [0.2, 0.25) is 5.91 Å². The van der Waals surface area contributed by atoms with E-state index in [-0.39, 0.29) is 25.0 Å². The topological polar surface area (TPSA) is 58.6 Å². The maximum Gasteiger partial charge on any atom is 0.261 e. The van der Waals surface area contributed by atoms with Crippen molar-refractivity contribution in [3.05, 3.63) is 99.0 Å². The van der Waals surface area contributed by atoms with Crippen LogP contribution in [0, 0.1) is 13.8 Å². The maximum absolute atomic E-state index is 13.7. The zero-order chi connectivity index (χ0) is 26.8. The molecule has 196 valence electrons. The molecule has 0 unspecified atom stereocenters. The predicted molar refractivity (Wildman–Crippen MR) is 150 cm³/mol. The zero-order valence-electron chi connectivity index (χ0n) is 21.6. The van der Waals surface area contributed by atoms with Crippen molar-refractivity contribution in [3.63, 3.8) is 0 Å². The molecule has 0 saturated carbocycles. The van der Waals surface area contributed by atoms with Crippen molar-refractivity contribution in [2.75, 3.05) is 13.2 Å². The van der Waals surface area contributed by atoms with Crippen LogP contribution >= 0.6 is 23.2 Å². The standard InChI is InChI=1S/C30H34Cl2N2O3/c1-4-5-15-33-30(36)27(17-23-9-7-6-8-10-23)34(19-24-13-14-25(31)18-26(24)32)29(35)20-37-28-16-21(2)11-12-22(28)3/h6-14,16,18,27H,4-5,15,17,19-20H2,1-3H3,(H,33,36)/t27-/m1/s1. The molecule has 2 amide bonds. The van der Waals surface area contributed by atoms with Crippen LogP contribution in [-0.4, -0.2) is 35.9 Å². The minimum atomic E-state index is -0.749. The van der Waals surface area contributed by atoms with Gasteiger partial charge in [-0.3, -0.25) is 9.59 Å². The van der Waals surface area contributed by atoms with Crippen LogP contribution in [0.2, 0.25) is 10.0 Å². The molecular weight excluding hydrogens is 507 g/mol. The molecule has 0 heterocycles. The molecule has 0 saturated heterocycles. The molecule has 1 atom stereocenters. The summed E-state index contributed by atoms with van der Waals surface area (Å²) >= 11 is 12.6. The van der Waals surface area contributed by atoms with Gasteiger partial charge >= 0.3 is 0 Å². The third-order valence-electron chi connectivity index (χ3n) is 6.15. The van der Waals surface area contributed by atoms with Gasteiger partial charge in [-0.1, -0.05) is 85.1 Å². The van der Waals surface area contributed by atoms with Gasteiger partial charge in [-0.2, -0.15) is 0 Å². The second kappa shape index (κ2) is 14.1. The van der Waals surface area contributed by atoms with Crippen molar-refractivity contribution < 1.29 is 14.3 Å². The SMILES string of the molecule is CCCCNC(=O)[C@@H](Cc1ccccc1)N(Cc1ccc(Cl)cc1Cl)C(=O)COc1cc(C)ccc1C. The molecule has 3 aromatic carbocycles. The number of hydrogen-bond acceptors (Lipinski definition) is 3. The Morgan fingerprint density at radius 1 is 1.00 bits per heavy atom. The van der Waals surface area contributed by atoms with Crippen molar-refractivity contribution in [2.45, 2.75) is 52.6 Å². The van der Waals surface area contributed by atoms with E-state index in [0.29, 0.717) is 34.3 Å². The molecule has 3 rings (SSSR count). The Balaban J connectivity index is 1.93. The summed E-state index contributed by atoms with van der Waals surface area (Å²) in [5.41, 5.74) is 3.62. The van der Waals surface area contributed by atoms with Crippen LogP contribution in [0.3, 0.4) is 0 Å². The number of benzene rings is 3. The molecule has 0 spiro atoms. The summed E-state index contributed by atoms with van der Waals surface area (Å²) in [4.78, 5) is 28.7. The fourth-order valence-corrected chi connectivity index (χ4v) is 4.45. The first-order valence-electron chi connectivity index (χ1n) is 12.5. The van der Waals surface area contributed by atoms with Gasteiger partial charge in [-0.25, -0.2) is 0 Å². The quantitative estimate of drug-likeness (QED) is 0.265. The van der Waals surface area contributed by atoms with E-state index in [2.05, 4.69) is 12.2 Å². The van der Waals surface area contributed by atoms with Crippen molar-refractivity contribution in [3.8, 4) is 5.75 Å². The van der Waals surface area contributed by atoms with Gasteiger partial charge in [-0.15, -0.1) is 0 Å². The molecule has 0 radical (unpaired) electrons. The summed E-state index contributed by atoms with van der Waals surface area (Å²) in [6.45, 7) is 6.45. The Morgan fingerprint density at radius 2 is 1.76 bits per heavy atom. The molecule has 3 aromatic rings. The van der Waals surface area contributed by atoms with E-state index in [9.17, 15) is 9.59 Å². The van der Waals surface area contributed by atoms with Gasteiger partial charge in [-0.05, 0) is 60.7 Å². The van der Waals surface area contributed by atoms with Gasteiger partial charge in [0.25, 0.3) is 5.91 Å². The Labute approximate surface area is 229 Å². The van der Waals surface area contributed by atoms with Gasteiger partial charge in [0.15, 0.2) is 6.61 Å². The summed E-state index contributed by atoms with van der Waals surface area (Å²) in [5.74, 6) is 0.130. The Hall–Kier alpha value is -3.02. The highest BCUT2D eigenvalue weighted by Crippen LogP contribution is 2.25.